The summed E-state index contributed by atoms with van der Waals surface area (Å²) in [5.41, 5.74) is 2.36. The average Bonchev–Trinajstić information content (AvgIpc) is 3.19. The van der Waals surface area contributed by atoms with E-state index in [1.165, 1.54) is 36.4 Å². The topological polar surface area (TPSA) is 76.4 Å². The molecule has 0 saturated carbocycles. The molecule has 1 amide bonds. The van der Waals surface area contributed by atoms with Crippen LogP contribution in [0.2, 0.25) is 0 Å². The maximum absolute atomic E-state index is 13.7. The van der Waals surface area contributed by atoms with E-state index in [4.69, 9.17) is 4.74 Å². The van der Waals surface area contributed by atoms with E-state index in [1.807, 2.05) is 0 Å². The zero-order chi connectivity index (χ0) is 23.6. The smallest absolute Gasteiger partial charge is 0.450 e. The first kappa shape index (κ1) is 22.3. The number of halogens is 3. The van der Waals surface area contributed by atoms with E-state index in [0.717, 1.165) is 10.1 Å². The van der Waals surface area contributed by atoms with Gasteiger partial charge in [0.05, 0.1) is 31.2 Å². The summed E-state index contributed by atoms with van der Waals surface area (Å²) >= 11 is 0. The number of rotatable bonds is 6. The Hall–Kier alpha value is -3.85. The van der Waals surface area contributed by atoms with Crippen molar-refractivity contribution >= 4 is 22.6 Å². The minimum atomic E-state index is -4.68. The number of carbonyl (C=O) groups excluding carboxylic acids is 1. The lowest BCUT2D eigenvalue weighted by atomic mass is 10.1. The van der Waals surface area contributed by atoms with E-state index in [9.17, 15) is 23.1 Å². The van der Waals surface area contributed by atoms with E-state index in [1.54, 1.807) is 37.4 Å². The van der Waals surface area contributed by atoms with Crippen LogP contribution < -0.4 is 10.1 Å². The second kappa shape index (κ2) is 8.95. The van der Waals surface area contributed by atoms with E-state index in [2.05, 4.69) is 10.3 Å². The third-order valence-electron chi connectivity index (χ3n) is 5.09. The van der Waals surface area contributed by atoms with Crippen molar-refractivity contribution in [2.75, 3.05) is 12.4 Å². The van der Waals surface area contributed by atoms with Crippen LogP contribution >= 0.6 is 0 Å². The summed E-state index contributed by atoms with van der Waals surface area (Å²) in [5, 5.41) is 12.0. The summed E-state index contributed by atoms with van der Waals surface area (Å²) in [6, 6.07) is 17.6. The van der Waals surface area contributed by atoms with Crippen LogP contribution in [0.3, 0.4) is 0 Å². The summed E-state index contributed by atoms with van der Waals surface area (Å²) in [6.07, 6.45) is -4.53. The number of aliphatic hydroxyl groups excluding tert-OH is 1. The maximum atomic E-state index is 13.7. The molecule has 0 spiro atoms. The minimum absolute atomic E-state index is 0.130. The van der Waals surface area contributed by atoms with Gasteiger partial charge >= 0.3 is 6.18 Å². The van der Waals surface area contributed by atoms with Crippen LogP contribution in [0.1, 0.15) is 17.0 Å². The molecule has 170 valence electrons. The number of nitrogens with zero attached hydrogens (tertiary/aromatic N) is 2. The fourth-order valence-electron chi connectivity index (χ4n) is 3.50. The van der Waals surface area contributed by atoms with Gasteiger partial charge in [-0.25, -0.2) is 4.98 Å². The lowest BCUT2D eigenvalue weighted by Crippen LogP contribution is -2.15. The molecule has 0 fully saturated rings. The Labute approximate surface area is 187 Å². The minimum Gasteiger partial charge on any atom is -0.497 e. The van der Waals surface area contributed by atoms with Crippen LogP contribution in [0.4, 0.5) is 18.9 Å². The molecule has 0 bridgehead atoms. The largest absolute Gasteiger partial charge is 0.497 e. The Morgan fingerprint density at radius 1 is 1.03 bits per heavy atom. The molecule has 1 heterocycles. The molecule has 1 aromatic heterocycles. The highest BCUT2D eigenvalue weighted by Gasteiger charge is 2.38. The maximum Gasteiger partial charge on any atom is 0.450 e. The molecule has 0 aliphatic carbocycles. The summed E-state index contributed by atoms with van der Waals surface area (Å²) in [4.78, 5) is 16.1. The van der Waals surface area contributed by atoms with Crippen LogP contribution in [0.25, 0.3) is 16.7 Å². The Kier molecular flexibility index (Phi) is 6.06. The molecule has 3 aromatic carbocycles. The zero-order valence-corrected chi connectivity index (χ0v) is 17.6. The summed E-state index contributed by atoms with van der Waals surface area (Å²) in [7, 11) is 1.56. The SMILES string of the molecule is COc1ccc(CC(=O)Nc2ccc(-n3c(C(F)(F)F)nc4cc(CO)ccc43)cc2)cc1. The van der Waals surface area contributed by atoms with Gasteiger partial charge in [0.15, 0.2) is 0 Å². The molecule has 0 aliphatic heterocycles. The highest BCUT2D eigenvalue weighted by atomic mass is 19.4. The molecule has 0 radical (unpaired) electrons. The van der Waals surface area contributed by atoms with Crippen LogP contribution in [0.5, 0.6) is 5.75 Å². The lowest BCUT2D eigenvalue weighted by molar-refractivity contribution is -0.145. The van der Waals surface area contributed by atoms with Crippen LogP contribution in [-0.2, 0) is 24.0 Å². The summed E-state index contributed by atoms with van der Waals surface area (Å²) in [6.45, 7) is -0.297. The number of aromatic nitrogens is 2. The van der Waals surface area contributed by atoms with Crippen molar-refractivity contribution in [2.45, 2.75) is 19.2 Å². The monoisotopic (exact) mass is 455 g/mol. The van der Waals surface area contributed by atoms with Gasteiger partial charge in [-0.05, 0) is 59.7 Å². The first-order valence-corrected chi connectivity index (χ1v) is 10.0. The quantitative estimate of drug-likeness (QED) is 0.441. The van der Waals surface area contributed by atoms with Gasteiger partial charge in [0.2, 0.25) is 11.7 Å². The van der Waals surface area contributed by atoms with E-state index < -0.39 is 12.0 Å². The Bertz CT molecular complexity index is 1280. The summed E-state index contributed by atoms with van der Waals surface area (Å²) in [5.74, 6) is -0.634. The van der Waals surface area contributed by atoms with Crippen molar-refractivity contribution in [2.24, 2.45) is 0 Å². The molecule has 0 saturated heterocycles. The number of amides is 1. The first-order chi connectivity index (χ1) is 15.8. The number of ether oxygens (including phenoxy) is 1. The highest BCUT2D eigenvalue weighted by molar-refractivity contribution is 5.92. The van der Waals surface area contributed by atoms with Crippen molar-refractivity contribution in [3.05, 3.63) is 83.7 Å². The van der Waals surface area contributed by atoms with E-state index in [0.29, 0.717) is 17.0 Å². The second-order valence-corrected chi connectivity index (χ2v) is 7.37. The average molecular weight is 455 g/mol. The van der Waals surface area contributed by atoms with Gasteiger partial charge in [0, 0.05) is 11.4 Å². The Balaban J connectivity index is 1.58. The number of benzene rings is 3. The third-order valence-corrected chi connectivity index (χ3v) is 5.09. The van der Waals surface area contributed by atoms with Gasteiger partial charge < -0.3 is 15.2 Å². The van der Waals surface area contributed by atoms with Crippen molar-refractivity contribution in [1.82, 2.24) is 9.55 Å². The molecule has 0 unspecified atom stereocenters. The number of hydrogen-bond acceptors (Lipinski definition) is 4. The van der Waals surface area contributed by atoms with Gasteiger partial charge in [-0.2, -0.15) is 13.2 Å². The Morgan fingerprint density at radius 2 is 1.70 bits per heavy atom. The van der Waals surface area contributed by atoms with Crippen molar-refractivity contribution in [3.8, 4) is 11.4 Å². The number of fused-ring (bicyclic) bond motifs is 1. The predicted octanol–water partition coefficient (Wildman–Crippen LogP) is 4.73. The first-order valence-electron chi connectivity index (χ1n) is 10.0. The van der Waals surface area contributed by atoms with Gasteiger partial charge in [0.1, 0.15) is 5.75 Å². The number of anilines is 1. The number of carbonyl (C=O) groups is 1. The summed E-state index contributed by atoms with van der Waals surface area (Å²) < 4.78 is 47.1. The molecular formula is C24H20F3N3O3. The molecule has 4 rings (SSSR count). The predicted molar refractivity (Wildman–Crippen MR) is 117 cm³/mol. The molecule has 2 N–H and O–H groups in total. The van der Waals surface area contributed by atoms with Gasteiger partial charge in [-0.15, -0.1) is 0 Å². The number of aliphatic hydroxyl groups is 1. The molecule has 9 heteroatoms. The highest BCUT2D eigenvalue weighted by Crippen LogP contribution is 2.34. The van der Waals surface area contributed by atoms with Crippen molar-refractivity contribution < 1.29 is 27.8 Å². The second-order valence-electron chi connectivity index (χ2n) is 7.37. The third kappa shape index (κ3) is 4.83. The number of imidazole rings is 1. The zero-order valence-electron chi connectivity index (χ0n) is 17.6. The molecule has 6 nitrogen and oxygen atoms in total. The van der Waals surface area contributed by atoms with Gasteiger partial charge in [-0.3, -0.25) is 9.36 Å². The Morgan fingerprint density at radius 3 is 2.30 bits per heavy atom. The molecule has 33 heavy (non-hydrogen) atoms. The van der Waals surface area contributed by atoms with Gasteiger partial charge in [0.25, 0.3) is 0 Å². The number of hydrogen-bond donors (Lipinski definition) is 2. The van der Waals surface area contributed by atoms with Crippen LogP contribution in [0.15, 0.2) is 66.7 Å². The molecule has 0 aliphatic rings. The molecule has 4 aromatic rings. The fraction of sp³-hybridized carbons (Fsp3) is 0.167. The van der Waals surface area contributed by atoms with Crippen molar-refractivity contribution in [1.29, 1.82) is 0 Å². The normalized spacial score (nSPS) is 11.5. The van der Waals surface area contributed by atoms with Crippen LogP contribution in [-0.4, -0.2) is 27.7 Å². The number of nitrogens with one attached hydrogen (secondary N) is 1. The van der Waals surface area contributed by atoms with Crippen molar-refractivity contribution in [3.63, 3.8) is 0 Å². The van der Waals surface area contributed by atoms with Gasteiger partial charge in [-0.1, -0.05) is 18.2 Å². The fourth-order valence-corrected chi connectivity index (χ4v) is 3.50. The number of alkyl halides is 3. The standard InChI is InChI=1S/C24H20F3N3O3/c1-33-19-9-2-15(3-10-19)13-22(32)28-17-5-7-18(8-6-17)30-21-11-4-16(14-31)12-20(21)29-23(30)24(25,26)27/h2-12,31H,13-14H2,1H3,(H,28,32). The number of methoxy groups -OCH3 is 1. The van der Waals surface area contributed by atoms with E-state index >= 15 is 0 Å². The lowest BCUT2D eigenvalue weighted by Gasteiger charge is -2.12. The molecular weight excluding hydrogens is 435 g/mol. The molecule has 0 atom stereocenters. The van der Waals surface area contributed by atoms with Crippen LogP contribution in [0, 0.1) is 0 Å². The van der Waals surface area contributed by atoms with E-state index in [-0.39, 0.29) is 35.7 Å².